The third kappa shape index (κ3) is 4.44. The molecule has 2 aliphatic carbocycles. The second-order valence-electron chi connectivity index (χ2n) is 8.83. The van der Waals surface area contributed by atoms with Gasteiger partial charge in [0, 0.05) is 18.9 Å². The smallest absolute Gasteiger partial charge is 0.301 e. The van der Waals surface area contributed by atoms with E-state index in [2.05, 4.69) is 10.3 Å². The monoisotopic (exact) mass is 404 g/mol. The largest absolute Gasteiger partial charge is 0.432 e. The van der Waals surface area contributed by atoms with Crippen LogP contribution in [0.25, 0.3) is 0 Å². The van der Waals surface area contributed by atoms with E-state index in [-0.39, 0.29) is 29.7 Å². The number of anilines is 1. The highest BCUT2D eigenvalue weighted by atomic mass is 16.5. The number of nitrogens with one attached hydrogen (secondary N) is 2. The molecule has 1 aromatic heterocycles. The first-order valence-corrected chi connectivity index (χ1v) is 10.4. The quantitative estimate of drug-likeness (QED) is 0.472. The van der Waals surface area contributed by atoms with Crippen molar-refractivity contribution in [2.45, 2.75) is 63.8 Å². The lowest BCUT2D eigenvalue weighted by Gasteiger charge is -2.29. The molecule has 3 N–H and O–H groups in total. The normalized spacial score (nSPS) is 23.9. The van der Waals surface area contributed by atoms with Gasteiger partial charge in [0.1, 0.15) is 12.3 Å². The van der Waals surface area contributed by atoms with Crippen LogP contribution in [0.1, 0.15) is 57.8 Å². The van der Waals surface area contributed by atoms with Gasteiger partial charge in [0.25, 0.3) is 5.91 Å². The van der Waals surface area contributed by atoms with Crippen LogP contribution in [0.3, 0.4) is 0 Å². The number of hydroxylamine groups is 1. The Morgan fingerprint density at radius 1 is 1.31 bits per heavy atom. The number of rotatable bonds is 7. The summed E-state index contributed by atoms with van der Waals surface area (Å²) < 4.78 is 5.10. The van der Waals surface area contributed by atoms with E-state index >= 15 is 0 Å². The molecule has 3 amide bonds. The third-order valence-electron chi connectivity index (χ3n) is 6.71. The first-order valence-electron chi connectivity index (χ1n) is 10.4. The summed E-state index contributed by atoms with van der Waals surface area (Å²) in [4.78, 5) is 43.7. The number of carbonyl (C=O) groups is 3. The van der Waals surface area contributed by atoms with Crippen LogP contribution in [0.5, 0.6) is 0 Å². The number of nitrogens with zero attached hydrogens (tertiary/aromatic N) is 2. The summed E-state index contributed by atoms with van der Waals surface area (Å²) in [5, 5.41) is 11.6. The van der Waals surface area contributed by atoms with Crippen LogP contribution >= 0.6 is 0 Å². The van der Waals surface area contributed by atoms with Crippen LogP contribution in [-0.4, -0.2) is 45.4 Å². The number of amides is 3. The van der Waals surface area contributed by atoms with Crippen LogP contribution in [0.15, 0.2) is 16.9 Å². The Morgan fingerprint density at radius 2 is 2.07 bits per heavy atom. The summed E-state index contributed by atoms with van der Waals surface area (Å²) >= 11 is 0. The van der Waals surface area contributed by atoms with Gasteiger partial charge in [-0.1, -0.05) is 25.7 Å². The van der Waals surface area contributed by atoms with Crippen molar-refractivity contribution in [1.82, 2.24) is 15.4 Å². The van der Waals surface area contributed by atoms with Gasteiger partial charge in [0.15, 0.2) is 0 Å². The molecule has 1 aromatic rings. The maximum atomic E-state index is 13.5. The van der Waals surface area contributed by atoms with Gasteiger partial charge in [0.05, 0.1) is 6.20 Å². The van der Waals surface area contributed by atoms with E-state index in [1.54, 1.807) is 10.4 Å². The van der Waals surface area contributed by atoms with Crippen molar-refractivity contribution in [1.29, 1.82) is 0 Å². The van der Waals surface area contributed by atoms with Crippen molar-refractivity contribution < 1.29 is 24.0 Å². The Morgan fingerprint density at radius 3 is 2.69 bits per heavy atom. The van der Waals surface area contributed by atoms with Gasteiger partial charge in [-0.15, -0.1) is 0 Å². The molecule has 0 unspecified atom stereocenters. The van der Waals surface area contributed by atoms with Gasteiger partial charge in [-0.05, 0) is 37.0 Å². The first-order chi connectivity index (χ1) is 14.0. The molecule has 1 saturated heterocycles. The summed E-state index contributed by atoms with van der Waals surface area (Å²) in [6, 6.07) is -0.485. The summed E-state index contributed by atoms with van der Waals surface area (Å²) in [7, 11) is 0. The summed E-state index contributed by atoms with van der Waals surface area (Å²) in [6.45, 7) is 0.539. The fraction of sp³-hybridized carbons (Fsp3) is 0.700. The highest BCUT2D eigenvalue weighted by Crippen LogP contribution is 2.55. The summed E-state index contributed by atoms with van der Waals surface area (Å²) in [6.07, 6.45) is 10.4. The third-order valence-corrected chi connectivity index (χ3v) is 6.71. The maximum absolute atomic E-state index is 13.5. The number of aromatic nitrogens is 1. The van der Waals surface area contributed by atoms with E-state index in [1.807, 2.05) is 0 Å². The Hall–Kier alpha value is -2.42. The maximum Gasteiger partial charge on any atom is 0.301 e. The molecule has 9 nitrogen and oxygen atoms in total. The number of likely N-dealkylation sites (tertiary alicyclic amines) is 1. The standard InChI is InChI=1S/C20H28N4O5/c25-16(23-28)10-14(9-13-3-1-2-4-13)18(27)24-12-20(5-6-20)11-15(24)17(26)22-19-21-7-8-29-19/h7-8,13-15,28H,1-6,9-12H2,(H,23,25)(H,21,22,26)/t14-,15+/m1/s1. The molecule has 4 rings (SSSR count). The van der Waals surface area contributed by atoms with E-state index in [4.69, 9.17) is 9.62 Å². The van der Waals surface area contributed by atoms with Crippen molar-refractivity contribution in [2.75, 3.05) is 11.9 Å². The molecule has 3 fully saturated rings. The second-order valence-corrected chi connectivity index (χ2v) is 8.83. The van der Waals surface area contributed by atoms with Crippen molar-refractivity contribution in [3.8, 4) is 0 Å². The molecule has 0 aromatic carbocycles. The van der Waals surface area contributed by atoms with Crippen LogP contribution in [0, 0.1) is 17.3 Å². The molecular weight excluding hydrogens is 376 g/mol. The van der Waals surface area contributed by atoms with Gasteiger partial charge in [-0.3, -0.25) is 24.9 Å². The van der Waals surface area contributed by atoms with Gasteiger partial charge >= 0.3 is 6.01 Å². The molecule has 2 saturated carbocycles. The average Bonchev–Trinajstić information content (AvgIpc) is 3.13. The minimum atomic E-state index is -0.597. The van der Waals surface area contributed by atoms with E-state index < -0.39 is 17.9 Å². The van der Waals surface area contributed by atoms with Crippen LogP contribution in [0.2, 0.25) is 0 Å². The fourth-order valence-electron chi connectivity index (χ4n) is 4.96. The zero-order chi connectivity index (χ0) is 20.4. The number of carbonyl (C=O) groups excluding carboxylic acids is 3. The van der Waals surface area contributed by atoms with Gasteiger partial charge < -0.3 is 9.32 Å². The van der Waals surface area contributed by atoms with Crippen molar-refractivity contribution in [2.24, 2.45) is 17.3 Å². The molecule has 158 valence electrons. The lowest BCUT2D eigenvalue weighted by atomic mass is 9.89. The number of hydrogen-bond acceptors (Lipinski definition) is 6. The topological polar surface area (TPSA) is 125 Å². The van der Waals surface area contributed by atoms with Gasteiger partial charge in [0.2, 0.25) is 11.8 Å². The van der Waals surface area contributed by atoms with E-state index in [1.165, 1.54) is 12.5 Å². The summed E-state index contributed by atoms with van der Waals surface area (Å²) in [5.41, 5.74) is 1.67. The van der Waals surface area contributed by atoms with Crippen LogP contribution < -0.4 is 10.8 Å². The molecule has 2 atom stereocenters. The first kappa shape index (κ1) is 19.9. The molecule has 9 heteroatoms. The van der Waals surface area contributed by atoms with Gasteiger partial charge in [-0.25, -0.2) is 10.5 Å². The molecule has 0 radical (unpaired) electrons. The Labute approximate surface area is 169 Å². The van der Waals surface area contributed by atoms with Crippen LogP contribution in [-0.2, 0) is 14.4 Å². The minimum absolute atomic E-state index is 0.0193. The molecule has 29 heavy (non-hydrogen) atoms. The Kier molecular flexibility index (Phi) is 5.58. The van der Waals surface area contributed by atoms with Crippen molar-refractivity contribution in [3.05, 3.63) is 12.5 Å². The highest BCUT2D eigenvalue weighted by molar-refractivity contribution is 5.97. The highest BCUT2D eigenvalue weighted by Gasteiger charge is 2.56. The predicted octanol–water partition coefficient (Wildman–Crippen LogP) is 2.09. The van der Waals surface area contributed by atoms with E-state index in [9.17, 15) is 14.4 Å². The predicted molar refractivity (Wildman–Crippen MR) is 102 cm³/mol. The minimum Gasteiger partial charge on any atom is -0.432 e. The Bertz CT molecular complexity index is 755. The number of hydrogen-bond donors (Lipinski definition) is 3. The van der Waals surface area contributed by atoms with E-state index in [0.717, 1.165) is 38.5 Å². The molecule has 0 bridgehead atoms. The molecule has 1 aliphatic heterocycles. The van der Waals surface area contributed by atoms with Gasteiger partial charge in [-0.2, -0.15) is 0 Å². The lowest BCUT2D eigenvalue weighted by Crippen LogP contribution is -2.46. The van der Waals surface area contributed by atoms with Crippen LogP contribution in [0.4, 0.5) is 6.01 Å². The summed E-state index contributed by atoms with van der Waals surface area (Å²) in [5.74, 6) is -1.17. The molecule has 3 aliphatic rings. The molecular formula is C20H28N4O5. The van der Waals surface area contributed by atoms with Crippen molar-refractivity contribution >= 4 is 23.7 Å². The zero-order valence-corrected chi connectivity index (χ0v) is 16.4. The second kappa shape index (κ2) is 8.14. The molecule has 2 heterocycles. The fourth-order valence-corrected chi connectivity index (χ4v) is 4.96. The van der Waals surface area contributed by atoms with Crippen molar-refractivity contribution in [3.63, 3.8) is 0 Å². The number of oxazole rings is 1. The van der Waals surface area contributed by atoms with E-state index in [0.29, 0.717) is 25.3 Å². The Balaban J connectivity index is 1.50. The lowest BCUT2D eigenvalue weighted by molar-refractivity contribution is -0.144. The SMILES string of the molecule is O=C(C[C@@H](CC1CCCC1)C(=O)N1CC2(CC2)C[C@H]1C(=O)Nc1ncco1)NO. The zero-order valence-electron chi connectivity index (χ0n) is 16.4. The average molecular weight is 404 g/mol. The molecule has 1 spiro atoms.